The highest BCUT2D eigenvalue weighted by Crippen LogP contribution is 2.22. The summed E-state index contributed by atoms with van der Waals surface area (Å²) in [6, 6.07) is 4.83. The van der Waals surface area contributed by atoms with Crippen molar-refractivity contribution >= 4 is 27.3 Å². The zero-order valence-corrected chi connectivity index (χ0v) is 12.4. The van der Waals surface area contributed by atoms with Gasteiger partial charge in [-0.1, -0.05) is 24.6 Å². The lowest BCUT2D eigenvalue weighted by Crippen LogP contribution is -2.34. The molecule has 0 spiro atoms. The largest absolute Gasteiger partial charge is 0.288 e. The van der Waals surface area contributed by atoms with E-state index in [9.17, 15) is 8.42 Å². The first-order valence-corrected chi connectivity index (χ1v) is 7.94. The van der Waals surface area contributed by atoms with Crippen molar-refractivity contribution < 1.29 is 8.42 Å². The van der Waals surface area contributed by atoms with Gasteiger partial charge in [0.2, 0.25) is 0 Å². The summed E-state index contributed by atoms with van der Waals surface area (Å²) >= 11 is 5.96. The van der Waals surface area contributed by atoms with Crippen LogP contribution in [-0.2, 0) is 10.0 Å². The first-order chi connectivity index (χ1) is 9.49. The van der Waals surface area contributed by atoms with Crippen molar-refractivity contribution in [2.45, 2.75) is 30.8 Å². The summed E-state index contributed by atoms with van der Waals surface area (Å²) in [4.78, 5) is 4.03. The molecular weight excluding hydrogens is 298 g/mol. The van der Waals surface area contributed by atoms with Crippen LogP contribution in [-0.4, -0.2) is 23.8 Å². The van der Waals surface area contributed by atoms with Crippen LogP contribution in [0.15, 0.2) is 29.4 Å². The molecule has 1 atom stereocenters. The molecule has 5 nitrogen and oxygen atoms in total. The Bertz CT molecular complexity index is 762. The minimum absolute atomic E-state index is 0.0562. The number of hydrogen-bond donors (Lipinski definition) is 1. The average molecular weight is 312 g/mol. The van der Waals surface area contributed by atoms with Crippen LogP contribution in [0.1, 0.15) is 19.8 Å². The molecule has 0 aliphatic rings. The Morgan fingerprint density at radius 2 is 2.30 bits per heavy atom. The summed E-state index contributed by atoms with van der Waals surface area (Å²) in [5.41, 5.74) is 0.475. The summed E-state index contributed by atoms with van der Waals surface area (Å²) in [6.07, 6.45) is 7.76. The lowest BCUT2D eigenvalue weighted by Gasteiger charge is -2.14. The van der Waals surface area contributed by atoms with E-state index >= 15 is 0 Å². The Morgan fingerprint density at radius 1 is 1.55 bits per heavy atom. The molecule has 0 aromatic carbocycles. The molecular formula is C13H14ClN3O2S. The van der Waals surface area contributed by atoms with Gasteiger partial charge in [-0.15, -0.1) is 12.3 Å². The Balaban J connectivity index is 2.47. The van der Waals surface area contributed by atoms with Gasteiger partial charge in [0.1, 0.15) is 5.65 Å². The van der Waals surface area contributed by atoms with Crippen molar-refractivity contribution in [3.63, 3.8) is 0 Å². The van der Waals surface area contributed by atoms with E-state index in [1.54, 1.807) is 24.4 Å². The molecule has 0 aliphatic heterocycles. The fourth-order valence-corrected chi connectivity index (χ4v) is 3.84. The molecule has 20 heavy (non-hydrogen) atoms. The van der Waals surface area contributed by atoms with Crippen LogP contribution in [0.2, 0.25) is 5.15 Å². The summed E-state index contributed by atoms with van der Waals surface area (Å²) in [5, 5.41) is -0.121. The molecule has 0 saturated heterocycles. The molecule has 1 N–H and O–H groups in total. The van der Waals surface area contributed by atoms with E-state index in [4.69, 9.17) is 18.0 Å². The van der Waals surface area contributed by atoms with Gasteiger partial charge in [-0.05, 0) is 18.6 Å². The van der Waals surface area contributed by atoms with Gasteiger partial charge in [0, 0.05) is 18.7 Å². The number of fused-ring (bicyclic) bond motifs is 1. The van der Waals surface area contributed by atoms with Crippen molar-refractivity contribution in [2.75, 3.05) is 0 Å². The predicted molar refractivity (Wildman–Crippen MR) is 78.1 cm³/mol. The second-order valence-corrected chi connectivity index (χ2v) is 6.26. The third kappa shape index (κ3) is 2.80. The van der Waals surface area contributed by atoms with Crippen LogP contribution in [0.5, 0.6) is 0 Å². The third-order valence-corrected chi connectivity index (χ3v) is 4.80. The van der Waals surface area contributed by atoms with Gasteiger partial charge in [-0.2, -0.15) is 0 Å². The number of nitrogens with one attached hydrogen (secondary N) is 1. The van der Waals surface area contributed by atoms with Crippen LogP contribution in [0.4, 0.5) is 0 Å². The van der Waals surface area contributed by atoms with Crippen LogP contribution in [0.25, 0.3) is 5.65 Å². The number of sulfonamides is 1. The first kappa shape index (κ1) is 14.9. The van der Waals surface area contributed by atoms with E-state index in [0.29, 0.717) is 18.5 Å². The number of aromatic nitrogens is 2. The highest BCUT2D eigenvalue weighted by atomic mass is 35.5. The van der Waals surface area contributed by atoms with Gasteiger partial charge >= 0.3 is 0 Å². The van der Waals surface area contributed by atoms with Crippen LogP contribution < -0.4 is 4.72 Å². The lowest BCUT2D eigenvalue weighted by atomic mass is 10.2. The number of halogens is 1. The maximum Gasteiger partial charge on any atom is 0.260 e. The van der Waals surface area contributed by atoms with Gasteiger partial charge in [0.25, 0.3) is 10.0 Å². The standard InChI is InChI=1S/C13H14ClN3O2S/c1-3-7-10(4-2)16-20(18,19)13-12(14)15-11-8-5-6-9-17(11)13/h1,5-6,8-10,16H,4,7H2,2H3. The SMILES string of the molecule is C#CCC(CC)NS(=O)(=O)c1c(Cl)nc2ccccn12. The number of imidazole rings is 1. The molecule has 2 aromatic rings. The molecule has 0 fully saturated rings. The number of pyridine rings is 1. The molecule has 2 rings (SSSR count). The van der Waals surface area contributed by atoms with E-state index < -0.39 is 10.0 Å². The zero-order valence-electron chi connectivity index (χ0n) is 10.9. The second kappa shape index (κ2) is 5.83. The molecule has 0 amide bonds. The summed E-state index contributed by atoms with van der Waals surface area (Å²) < 4.78 is 28.9. The highest BCUT2D eigenvalue weighted by Gasteiger charge is 2.26. The highest BCUT2D eigenvalue weighted by molar-refractivity contribution is 7.89. The molecule has 2 aromatic heterocycles. The van der Waals surface area contributed by atoms with Gasteiger partial charge in [-0.3, -0.25) is 4.40 Å². The normalized spacial score (nSPS) is 13.2. The molecule has 0 aliphatic carbocycles. The quantitative estimate of drug-likeness (QED) is 0.860. The van der Waals surface area contributed by atoms with E-state index in [1.165, 1.54) is 4.40 Å². The van der Waals surface area contributed by atoms with Crippen LogP contribution in [0.3, 0.4) is 0 Å². The first-order valence-electron chi connectivity index (χ1n) is 6.08. The fourth-order valence-electron chi connectivity index (χ4n) is 1.87. The van der Waals surface area contributed by atoms with E-state index in [-0.39, 0.29) is 16.2 Å². The Hall–Kier alpha value is -1.55. The second-order valence-electron chi connectivity index (χ2n) is 4.27. The monoisotopic (exact) mass is 311 g/mol. The molecule has 106 valence electrons. The number of hydrogen-bond acceptors (Lipinski definition) is 3. The van der Waals surface area contributed by atoms with Crippen molar-refractivity contribution in [3.8, 4) is 12.3 Å². The smallest absolute Gasteiger partial charge is 0.260 e. The zero-order chi connectivity index (χ0) is 14.8. The van der Waals surface area contributed by atoms with E-state index in [0.717, 1.165) is 0 Å². The fraction of sp³-hybridized carbons (Fsp3) is 0.308. The Labute approximate surface area is 123 Å². The lowest BCUT2D eigenvalue weighted by molar-refractivity contribution is 0.540. The van der Waals surface area contributed by atoms with Crippen LogP contribution >= 0.6 is 11.6 Å². The summed E-state index contributed by atoms with van der Waals surface area (Å²) in [6.45, 7) is 1.86. The molecule has 0 radical (unpaired) electrons. The summed E-state index contributed by atoms with van der Waals surface area (Å²) in [7, 11) is -3.78. The minimum Gasteiger partial charge on any atom is -0.288 e. The molecule has 0 saturated carbocycles. The molecule has 1 unspecified atom stereocenters. The van der Waals surface area contributed by atoms with Crippen molar-refractivity contribution in [3.05, 3.63) is 29.5 Å². The number of rotatable bonds is 5. The third-order valence-electron chi connectivity index (χ3n) is 2.88. The van der Waals surface area contributed by atoms with Gasteiger partial charge in [0.05, 0.1) is 0 Å². The predicted octanol–water partition coefficient (Wildman–Crippen LogP) is 2.07. The summed E-state index contributed by atoms with van der Waals surface area (Å²) in [5.74, 6) is 2.46. The van der Waals surface area contributed by atoms with Gasteiger partial charge < -0.3 is 0 Å². The van der Waals surface area contributed by atoms with Crippen molar-refractivity contribution in [1.29, 1.82) is 0 Å². The van der Waals surface area contributed by atoms with E-state index in [1.807, 2.05) is 6.92 Å². The van der Waals surface area contributed by atoms with E-state index in [2.05, 4.69) is 15.6 Å². The maximum absolute atomic E-state index is 12.4. The number of nitrogens with zero attached hydrogens (tertiary/aromatic N) is 2. The molecule has 7 heteroatoms. The minimum atomic E-state index is -3.78. The average Bonchev–Trinajstić information content (AvgIpc) is 2.74. The Kier molecular flexibility index (Phi) is 4.33. The van der Waals surface area contributed by atoms with Crippen molar-refractivity contribution in [2.24, 2.45) is 0 Å². The van der Waals surface area contributed by atoms with Crippen LogP contribution in [0, 0.1) is 12.3 Å². The molecule has 0 bridgehead atoms. The number of terminal acetylenes is 1. The van der Waals surface area contributed by atoms with Crippen molar-refractivity contribution in [1.82, 2.24) is 14.1 Å². The van der Waals surface area contributed by atoms with Gasteiger partial charge in [0.15, 0.2) is 10.2 Å². The molecule has 2 heterocycles. The maximum atomic E-state index is 12.4. The Morgan fingerprint density at radius 3 is 2.95 bits per heavy atom. The van der Waals surface area contributed by atoms with Gasteiger partial charge in [-0.25, -0.2) is 18.1 Å². The topological polar surface area (TPSA) is 63.5 Å².